The third-order valence-corrected chi connectivity index (χ3v) is 4.68. The van der Waals surface area contributed by atoms with Gasteiger partial charge in [-0.3, -0.25) is 9.55 Å². The van der Waals surface area contributed by atoms with Crippen molar-refractivity contribution in [2.45, 2.75) is 18.9 Å². The van der Waals surface area contributed by atoms with Gasteiger partial charge in [0.25, 0.3) is 0 Å². The van der Waals surface area contributed by atoms with Crippen molar-refractivity contribution in [1.82, 2.24) is 19.9 Å². The second-order valence-corrected chi connectivity index (χ2v) is 6.56. The van der Waals surface area contributed by atoms with Crippen molar-refractivity contribution < 1.29 is 9.21 Å². The van der Waals surface area contributed by atoms with Gasteiger partial charge in [-0.15, -0.1) is 0 Å². The van der Waals surface area contributed by atoms with Crippen LogP contribution in [0.2, 0.25) is 0 Å². The number of amides is 2. The van der Waals surface area contributed by atoms with Crippen molar-refractivity contribution in [2.24, 2.45) is 7.05 Å². The van der Waals surface area contributed by atoms with E-state index >= 15 is 0 Å². The summed E-state index contributed by atoms with van der Waals surface area (Å²) >= 11 is 0. The summed E-state index contributed by atoms with van der Waals surface area (Å²) in [6.07, 6.45) is 6.89. The quantitative estimate of drug-likeness (QED) is 0.729. The van der Waals surface area contributed by atoms with Crippen molar-refractivity contribution in [3.8, 4) is 0 Å². The van der Waals surface area contributed by atoms with Gasteiger partial charge in [0, 0.05) is 50.3 Å². The van der Waals surface area contributed by atoms with Gasteiger partial charge in [-0.25, -0.2) is 14.6 Å². The second-order valence-electron chi connectivity index (χ2n) is 6.56. The second kappa shape index (κ2) is 7.10. The predicted octanol–water partition coefficient (Wildman–Crippen LogP) is 1.71. The molecule has 2 amide bonds. The normalized spacial score (nSPS) is 17.1. The van der Waals surface area contributed by atoms with Crippen LogP contribution in [0.15, 0.2) is 46.0 Å². The molecule has 3 aromatic rings. The molecule has 3 heterocycles. The van der Waals surface area contributed by atoms with Gasteiger partial charge in [-0.05, 0) is 25.0 Å². The molecule has 0 spiro atoms. The van der Waals surface area contributed by atoms with E-state index < -0.39 is 5.76 Å². The summed E-state index contributed by atoms with van der Waals surface area (Å²) < 4.78 is 6.57. The smallest absolute Gasteiger partial charge is 0.408 e. The van der Waals surface area contributed by atoms with Gasteiger partial charge >= 0.3 is 11.8 Å². The maximum atomic E-state index is 12.4. The summed E-state index contributed by atoms with van der Waals surface area (Å²) in [5.41, 5.74) is 1.68. The molecule has 0 unspecified atom stereocenters. The summed E-state index contributed by atoms with van der Waals surface area (Å²) in [7, 11) is 1.64. The summed E-state index contributed by atoms with van der Waals surface area (Å²) in [5.74, 6) is 0.381. The molecule has 1 aliphatic heterocycles. The molecule has 0 radical (unpaired) electrons. The van der Waals surface area contributed by atoms with Crippen LogP contribution in [-0.2, 0) is 7.05 Å². The van der Waals surface area contributed by atoms with E-state index in [0.717, 1.165) is 25.2 Å². The third kappa shape index (κ3) is 3.62. The topological polar surface area (TPSA) is 105 Å². The fraction of sp³-hybridized carbons (Fsp3) is 0.333. The molecule has 1 fully saturated rings. The van der Waals surface area contributed by atoms with E-state index in [2.05, 4.69) is 25.5 Å². The highest BCUT2D eigenvalue weighted by molar-refractivity contribution is 5.91. The van der Waals surface area contributed by atoms with Crippen LogP contribution in [0.4, 0.5) is 16.3 Å². The molecule has 140 valence electrons. The SMILES string of the molecule is Cn1c(=O)oc2cc(NC(=O)N[C@H]3CCCN(c4cnccn4)C3)ccc21. The first-order valence-electron chi connectivity index (χ1n) is 8.78. The average molecular weight is 368 g/mol. The van der Waals surface area contributed by atoms with Gasteiger partial charge in [0.05, 0.1) is 11.7 Å². The van der Waals surface area contributed by atoms with Crippen LogP contribution in [-0.4, -0.2) is 39.7 Å². The summed E-state index contributed by atoms with van der Waals surface area (Å²) in [6, 6.07) is 4.84. The number of fused-ring (bicyclic) bond motifs is 1. The number of nitrogens with zero attached hydrogens (tertiary/aromatic N) is 4. The molecule has 9 heteroatoms. The molecule has 1 aromatic carbocycles. The number of nitrogens with one attached hydrogen (secondary N) is 2. The zero-order valence-electron chi connectivity index (χ0n) is 14.9. The van der Waals surface area contributed by atoms with Crippen LogP contribution in [0.3, 0.4) is 0 Å². The number of benzene rings is 1. The first-order chi connectivity index (χ1) is 13.1. The number of carbonyl (C=O) groups excluding carboxylic acids is 1. The molecule has 0 bridgehead atoms. The van der Waals surface area contributed by atoms with Crippen molar-refractivity contribution in [1.29, 1.82) is 0 Å². The van der Waals surface area contributed by atoms with E-state index in [1.54, 1.807) is 43.8 Å². The van der Waals surface area contributed by atoms with Gasteiger partial charge in [-0.2, -0.15) is 0 Å². The maximum Gasteiger partial charge on any atom is 0.419 e. The first kappa shape index (κ1) is 17.1. The lowest BCUT2D eigenvalue weighted by Crippen LogP contribution is -2.49. The summed E-state index contributed by atoms with van der Waals surface area (Å²) in [5, 5.41) is 5.79. The van der Waals surface area contributed by atoms with Crippen LogP contribution in [0.25, 0.3) is 11.1 Å². The first-order valence-corrected chi connectivity index (χ1v) is 8.78. The fourth-order valence-corrected chi connectivity index (χ4v) is 3.32. The van der Waals surface area contributed by atoms with Crippen molar-refractivity contribution in [2.75, 3.05) is 23.3 Å². The maximum absolute atomic E-state index is 12.4. The molecule has 27 heavy (non-hydrogen) atoms. The number of anilines is 2. The van der Waals surface area contributed by atoms with Crippen LogP contribution in [0.1, 0.15) is 12.8 Å². The molecular formula is C18H20N6O3. The average Bonchev–Trinajstić information content (AvgIpc) is 2.96. The standard InChI is InChI=1S/C18H20N6O3/c1-23-14-5-4-12(9-15(14)27-18(23)26)21-17(25)22-13-3-2-8-24(11-13)16-10-19-6-7-20-16/h4-7,9-10,13H,2-3,8,11H2,1H3,(H2,21,22,25)/t13-/m0/s1. The van der Waals surface area contributed by atoms with Crippen LogP contribution < -0.4 is 21.3 Å². The number of hydrogen-bond donors (Lipinski definition) is 2. The fourth-order valence-electron chi connectivity index (χ4n) is 3.32. The lowest BCUT2D eigenvalue weighted by atomic mass is 10.1. The van der Waals surface area contributed by atoms with Crippen molar-refractivity contribution >= 4 is 28.6 Å². The highest BCUT2D eigenvalue weighted by Gasteiger charge is 2.22. The Hall–Kier alpha value is -3.36. The minimum Gasteiger partial charge on any atom is -0.408 e. The number of oxazole rings is 1. The lowest BCUT2D eigenvalue weighted by Gasteiger charge is -2.33. The zero-order chi connectivity index (χ0) is 18.8. The van der Waals surface area contributed by atoms with Crippen molar-refractivity contribution in [3.63, 3.8) is 0 Å². The molecule has 1 atom stereocenters. The molecule has 2 aromatic heterocycles. The minimum absolute atomic E-state index is 0.0131. The Labute approximate surface area is 155 Å². The van der Waals surface area contributed by atoms with E-state index in [1.165, 1.54) is 4.57 Å². The van der Waals surface area contributed by atoms with E-state index in [1.807, 2.05) is 0 Å². The Morgan fingerprint density at radius 2 is 2.22 bits per heavy atom. The number of aryl methyl sites for hydroxylation is 1. The molecule has 0 aliphatic carbocycles. The van der Waals surface area contributed by atoms with E-state index in [-0.39, 0.29) is 12.1 Å². The molecule has 9 nitrogen and oxygen atoms in total. The number of urea groups is 1. The number of hydrogen-bond acceptors (Lipinski definition) is 6. The third-order valence-electron chi connectivity index (χ3n) is 4.68. The predicted molar refractivity (Wildman–Crippen MR) is 101 cm³/mol. The Kier molecular flexibility index (Phi) is 4.49. The Morgan fingerprint density at radius 3 is 3.04 bits per heavy atom. The van der Waals surface area contributed by atoms with Gasteiger partial charge < -0.3 is 20.0 Å². The summed E-state index contributed by atoms with van der Waals surface area (Å²) in [4.78, 5) is 34.5. The number of carbonyl (C=O) groups is 1. The number of piperidine rings is 1. The molecule has 1 saturated heterocycles. The monoisotopic (exact) mass is 368 g/mol. The molecule has 4 rings (SSSR count). The van der Waals surface area contributed by atoms with Gasteiger partial charge in [0.15, 0.2) is 5.58 Å². The molecule has 2 N–H and O–H groups in total. The highest BCUT2D eigenvalue weighted by atomic mass is 16.4. The van der Waals surface area contributed by atoms with Gasteiger partial charge in [0.2, 0.25) is 0 Å². The lowest BCUT2D eigenvalue weighted by molar-refractivity contribution is 0.246. The molecule has 1 aliphatic rings. The zero-order valence-corrected chi connectivity index (χ0v) is 14.9. The molecular weight excluding hydrogens is 348 g/mol. The largest absolute Gasteiger partial charge is 0.419 e. The Balaban J connectivity index is 1.39. The number of aromatic nitrogens is 3. The number of rotatable bonds is 3. The Morgan fingerprint density at radius 1 is 1.33 bits per heavy atom. The van der Waals surface area contributed by atoms with Crippen molar-refractivity contribution in [3.05, 3.63) is 47.3 Å². The van der Waals surface area contributed by atoms with E-state index in [9.17, 15) is 9.59 Å². The van der Waals surface area contributed by atoms with Gasteiger partial charge in [0.1, 0.15) is 5.82 Å². The highest BCUT2D eigenvalue weighted by Crippen LogP contribution is 2.19. The summed E-state index contributed by atoms with van der Waals surface area (Å²) in [6.45, 7) is 1.57. The van der Waals surface area contributed by atoms with E-state index in [0.29, 0.717) is 23.3 Å². The van der Waals surface area contributed by atoms with Crippen LogP contribution in [0.5, 0.6) is 0 Å². The van der Waals surface area contributed by atoms with Crippen LogP contribution >= 0.6 is 0 Å². The Bertz CT molecular complexity index is 1010. The van der Waals surface area contributed by atoms with Crippen LogP contribution in [0, 0.1) is 0 Å². The molecule has 0 saturated carbocycles. The van der Waals surface area contributed by atoms with E-state index in [4.69, 9.17) is 4.42 Å². The van der Waals surface area contributed by atoms with Gasteiger partial charge in [-0.1, -0.05) is 0 Å². The minimum atomic E-state index is -0.432.